The van der Waals surface area contributed by atoms with Crippen LogP contribution in [0.25, 0.3) is 45.1 Å². The Hall–Kier alpha value is -7.53. The minimum absolute atomic E-state index is 0.0645. The molecule has 1 unspecified atom stereocenters. The number of carboxylic acids is 1. The van der Waals surface area contributed by atoms with Crippen LogP contribution in [-0.2, 0) is 48.8 Å². The van der Waals surface area contributed by atoms with Crippen LogP contribution >= 0.6 is 31.9 Å². The summed E-state index contributed by atoms with van der Waals surface area (Å²) in [6.07, 6.45) is -7.46. The molecule has 0 fully saturated rings. The van der Waals surface area contributed by atoms with Crippen LogP contribution in [0.1, 0.15) is 80.7 Å². The van der Waals surface area contributed by atoms with Crippen molar-refractivity contribution < 1.29 is 74.7 Å². The number of aliphatic carboxylic acids is 1. The first kappa shape index (κ1) is 56.2. The van der Waals surface area contributed by atoms with Gasteiger partial charge in [-0.25, -0.2) is 4.98 Å². The maximum atomic E-state index is 13.6. The lowest BCUT2D eigenvalue weighted by Gasteiger charge is -2.18. The number of methoxy groups -OCH3 is 2. The van der Waals surface area contributed by atoms with Crippen molar-refractivity contribution in [1.82, 2.24) is 24.5 Å². The topological polar surface area (TPSA) is 206 Å². The maximum absolute atomic E-state index is 13.6. The van der Waals surface area contributed by atoms with Gasteiger partial charge in [-0.1, -0.05) is 57.0 Å². The summed E-state index contributed by atoms with van der Waals surface area (Å²) in [6, 6.07) is 23.3. The molecule has 2 aliphatic heterocycles. The molecule has 0 saturated heterocycles. The van der Waals surface area contributed by atoms with Gasteiger partial charge in [0.05, 0.1) is 37.0 Å². The molecule has 1 N–H and O–H groups in total. The predicted molar refractivity (Wildman–Crippen MR) is 273 cm³/mol. The van der Waals surface area contributed by atoms with Crippen molar-refractivity contribution in [2.75, 3.05) is 14.2 Å². The number of halogens is 6. The molecular formula is C53H49Br2F4N5O12. The summed E-state index contributed by atoms with van der Waals surface area (Å²) in [4.78, 5) is 51.9. The molecule has 0 radical (unpaired) electrons. The lowest BCUT2D eigenvalue weighted by molar-refractivity contribution is -0.287. The van der Waals surface area contributed by atoms with E-state index < -0.39 is 47.2 Å². The SMILES string of the molecule is CC(=O)O.COC(=O)C(C)(C)c1cc(-c2ccc(Br)cc2-c2nc(C)oc2-c2ccc3c(c2)OC(F)(F)O3)n(C)n1.COC(=O)C(C)(C)c1cc(-c2ccc(Br)cc2C(=O)C(C)c2ccc3c(c2)OC(F)(F)O3)n(C)n1. The molecule has 0 aliphatic carbocycles. The monoisotopic (exact) mass is 1180 g/mol. The largest absolute Gasteiger partial charge is 0.586 e. The molecule has 76 heavy (non-hydrogen) atoms. The molecule has 23 heteroatoms. The minimum atomic E-state index is -3.74. The molecule has 7 aromatic rings. The van der Waals surface area contributed by atoms with E-state index in [0.29, 0.717) is 66.7 Å². The summed E-state index contributed by atoms with van der Waals surface area (Å²) >= 11 is 6.95. The first-order chi connectivity index (χ1) is 35.5. The first-order valence-corrected chi connectivity index (χ1v) is 24.4. The summed E-state index contributed by atoms with van der Waals surface area (Å²) in [5.41, 5.74) is 4.40. The predicted octanol–water partition coefficient (Wildman–Crippen LogP) is 12.0. The van der Waals surface area contributed by atoms with Gasteiger partial charge in [0.15, 0.2) is 40.4 Å². The van der Waals surface area contributed by atoms with Gasteiger partial charge >= 0.3 is 24.5 Å². The quantitative estimate of drug-likeness (QED) is 0.0726. The number of Topliss-reactive ketones (excluding diaryl/α,β-unsaturated/α-hetero) is 1. The number of aryl methyl sites for hydroxylation is 3. The Kier molecular flexibility index (Phi) is 15.7. The lowest BCUT2D eigenvalue weighted by Crippen LogP contribution is -2.30. The number of esters is 2. The molecule has 2 aliphatic rings. The van der Waals surface area contributed by atoms with Crippen molar-refractivity contribution >= 4 is 55.6 Å². The zero-order valence-electron chi connectivity index (χ0n) is 42.6. The molecule has 0 spiro atoms. The molecule has 0 saturated carbocycles. The van der Waals surface area contributed by atoms with Gasteiger partial charge in [-0.15, -0.1) is 17.6 Å². The number of hydrogen-bond donors (Lipinski definition) is 1. The molecule has 1 atom stereocenters. The number of benzene rings is 4. The van der Waals surface area contributed by atoms with Crippen molar-refractivity contribution in [3.05, 3.63) is 122 Å². The number of oxazole rings is 1. The number of rotatable bonds is 11. The van der Waals surface area contributed by atoms with E-state index in [0.717, 1.165) is 22.7 Å². The zero-order valence-corrected chi connectivity index (χ0v) is 45.8. The van der Waals surface area contributed by atoms with Crippen molar-refractivity contribution in [1.29, 1.82) is 0 Å². The fourth-order valence-corrected chi connectivity index (χ4v) is 8.89. The highest BCUT2D eigenvalue weighted by Crippen LogP contribution is 2.47. The molecule has 400 valence electrons. The number of aromatic nitrogens is 5. The molecule has 4 aromatic carbocycles. The lowest BCUT2D eigenvalue weighted by atomic mass is 9.87. The van der Waals surface area contributed by atoms with Gasteiger partial charge in [0.25, 0.3) is 5.97 Å². The van der Waals surface area contributed by atoms with Crippen molar-refractivity contribution in [2.45, 2.75) is 77.8 Å². The second kappa shape index (κ2) is 21.2. The number of ether oxygens (including phenoxy) is 6. The van der Waals surface area contributed by atoms with E-state index in [1.807, 2.05) is 24.3 Å². The van der Waals surface area contributed by atoms with Crippen molar-refractivity contribution in [3.8, 4) is 68.1 Å². The van der Waals surface area contributed by atoms with Crippen LogP contribution in [0.4, 0.5) is 17.6 Å². The standard InChI is InChI=1S/C26H22BrF2N3O5.C25H23BrF2N2O5.C2H4O2/c1-13-30-22(23(35-13)14-6-9-19-20(10-14)37-26(28,29)36-19)17-11-15(27)7-8-16(17)18-12-21(31-32(18)4)25(2,3)24(33)34-5;1-13(14-6-9-19-20(10-14)35-25(27,28)34-19)22(31)17-11-15(26)7-8-16(17)18-12-21(29-30(18)4)24(2,3)23(32)33-5;1-2(3)4/h6-12H,1-5H3;6-13H,1-5H3;1H3,(H,3,4). The van der Waals surface area contributed by atoms with E-state index in [9.17, 15) is 31.9 Å². The number of carbonyl (C=O) groups is 4. The maximum Gasteiger partial charge on any atom is 0.586 e. The number of hydrogen-bond acceptors (Lipinski definition) is 14. The average molecular weight is 1180 g/mol. The van der Waals surface area contributed by atoms with Crippen LogP contribution in [0.5, 0.6) is 23.0 Å². The van der Waals surface area contributed by atoms with Gasteiger partial charge in [-0.2, -0.15) is 10.2 Å². The third-order valence-corrected chi connectivity index (χ3v) is 13.2. The minimum Gasteiger partial charge on any atom is -0.481 e. The number of alkyl halides is 4. The van der Waals surface area contributed by atoms with E-state index in [-0.39, 0.29) is 28.8 Å². The summed E-state index contributed by atoms with van der Waals surface area (Å²) in [5, 5.41) is 16.5. The fourth-order valence-electron chi connectivity index (χ4n) is 8.16. The first-order valence-electron chi connectivity index (χ1n) is 22.8. The number of nitrogens with zero attached hydrogens (tertiary/aromatic N) is 5. The number of carbonyl (C=O) groups excluding carboxylic acids is 3. The number of carboxylic acid groups (broad SMARTS) is 1. The third-order valence-electron chi connectivity index (χ3n) is 12.2. The van der Waals surface area contributed by atoms with Crippen molar-refractivity contribution in [2.24, 2.45) is 14.1 Å². The summed E-state index contributed by atoms with van der Waals surface area (Å²) in [7, 11) is 6.17. The number of fused-ring (bicyclic) bond motifs is 2. The molecule has 0 amide bonds. The van der Waals surface area contributed by atoms with Gasteiger partial charge < -0.3 is 37.9 Å². The van der Waals surface area contributed by atoms with E-state index in [2.05, 4.69) is 66.0 Å². The van der Waals surface area contributed by atoms with Crippen LogP contribution in [0.3, 0.4) is 0 Å². The Balaban J connectivity index is 0.000000207. The van der Waals surface area contributed by atoms with Crippen LogP contribution in [0.15, 0.2) is 98.3 Å². The second-order valence-corrected chi connectivity index (χ2v) is 20.2. The highest BCUT2D eigenvalue weighted by molar-refractivity contribution is 9.10. The normalized spacial score (nSPS) is 14.2. The van der Waals surface area contributed by atoms with Gasteiger partial charge in [0.1, 0.15) is 16.5 Å². The fraction of sp³-hybridized carbons (Fsp3) is 0.302. The molecule has 9 rings (SSSR count). The molecule has 5 heterocycles. The number of ketones is 1. The van der Waals surface area contributed by atoms with Crippen LogP contribution < -0.4 is 18.9 Å². The smallest absolute Gasteiger partial charge is 0.481 e. The Morgan fingerprint density at radius 2 is 1.12 bits per heavy atom. The van der Waals surface area contributed by atoms with Gasteiger partial charge in [0, 0.05) is 70.6 Å². The second-order valence-electron chi connectivity index (χ2n) is 18.4. The Labute approximate surface area is 449 Å². The Morgan fingerprint density at radius 1 is 0.658 bits per heavy atom. The van der Waals surface area contributed by atoms with E-state index in [1.165, 1.54) is 38.5 Å². The van der Waals surface area contributed by atoms with E-state index in [1.54, 1.807) is 101 Å². The van der Waals surface area contributed by atoms with Gasteiger partial charge in [-0.3, -0.25) is 28.5 Å². The van der Waals surface area contributed by atoms with E-state index >= 15 is 0 Å². The molecule has 3 aromatic heterocycles. The van der Waals surface area contributed by atoms with Gasteiger partial charge in [0.2, 0.25) is 0 Å². The summed E-state index contributed by atoms with van der Waals surface area (Å²) < 4.78 is 92.7. The Morgan fingerprint density at radius 3 is 1.64 bits per heavy atom. The zero-order chi connectivity index (χ0) is 56.0. The summed E-state index contributed by atoms with van der Waals surface area (Å²) in [5.74, 6) is -2.20. The van der Waals surface area contributed by atoms with Crippen LogP contribution in [-0.4, -0.2) is 80.2 Å². The van der Waals surface area contributed by atoms with Crippen LogP contribution in [0, 0.1) is 6.92 Å². The van der Waals surface area contributed by atoms with Crippen molar-refractivity contribution in [3.63, 3.8) is 0 Å². The molecule has 0 bridgehead atoms. The average Bonchev–Trinajstić information content (AvgIpc) is 4.18. The highest BCUT2D eigenvalue weighted by Gasteiger charge is 2.45. The Bertz CT molecular complexity index is 3420. The van der Waals surface area contributed by atoms with Gasteiger partial charge in [-0.05, 0) is 100.0 Å². The highest BCUT2D eigenvalue weighted by atomic mass is 79.9. The van der Waals surface area contributed by atoms with E-state index in [4.69, 9.17) is 23.8 Å². The molecule has 17 nitrogen and oxygen atoms in total. The molecular weight excluding hydrogens is 1130 g/mol. The van der Waals surface area contributed by atoms with Crippen LogP contribution in [0.2, 0.25) is 0 Å². The summed E-state index contributed by atoms with van der Waals surface area (Å²) in [6.45, 7) is 11.4. The third kappa shape index (κ3) is 11.6.